The van der Waals surface area contributed by atoms with Crippen LogP contribution in [0.5, 0.6) is 0 Å². The molecule has 0 aliphatic carbocycles. The molecule has 0 saturated carbocycles. The van der Waals surface area contributed by atoms with Gasteiger partial charge in [-0.1, -0.05) is 42.5 Å². The molecule has 2 aromatic carbocycles. The minimum atomic E-state index is 0.197. The van der Waals surface area contributed by atoms with E-state index in [2.05, 4.69) is 43.0 Å². The molecule has 0 N–H and O–H groups in total. The predicted molar refractivity (Wildman–Crippen MR) is 97.2 cm³/mol. The van der Waals surface area contributed by atoms with Crippen molar-refractivity contribution in [2.45, 2.75) is 26.1 Å². The van der Waals surface area contributed by atoms with Gasteiger partial charge in [-0.05, 0) is 26.0 Å². The maximum absolute atomic E-state index is 5.88. The van der Waals surface area contributed by atoms with Crippen molar-refractivity contribution in [3.63, 3.8) is 0 Å². The minimum absolute atomic E-state index is 0.197. The Morgan fingerprint density at radius 1 is 0.875 bits per heavy atom. The van der Waals surface area contributed by atoms with Crippen molar-refractivity contribution in [3.05, 3.63) is 54.6 Å². The van der Waals surface area contributed by atoms with Crippen LogP contribution in [0.2, 0.25) is 0 Å². The van der Waals surface area contributed by atoms with Gasteiger partial charge in [-0.3, -0.25) is 0 Å². The smallest absolute Gasteiger partial charge is 0.162 e. The predicted octanol–water partition coefficient (Wildman–Crippen LogP) is 3.91. The van der Waals surface area contributed by atoms with Crippen molar-refractivity contribution in [1.82, 2.24) is 9.97 Å². The highest BCUT2D eigenvalue weighted by molar-refractivity contribution is 5.91. The van der Waals surface area contributed by atoms with Gasteiger partial charge in [-0.25, -0.2) is 9.97 Å². The van der Waals surface area contributed by atoms with Crippen LogP contribution in [0.25, 0.3) is 22.3 Å². The number of rotatable bonds is 2. The molecule has 2 heterocycles. The van der Waals surface area contributed by atoms with Crippen molar-refractivity contribution in [3.8, 4) is 11.4 Å². The van der Waals surface area contributed by atoms with Gasteiger partial charge >= 0.3 is 0 Å². The van der Waals surface area contributed by atoms with E-state index in [4.69, 9.17) is 14.7 Å². The van der Waals surface area contributed by atoms with Gasteiger partial charge in [-0.2, -0.15) is 0 Å². The second kappa shape index (κ2) is 6.21. The Kier molecular flexibility index (Phi) is 3.90. The number of hydrogen-bond acceptors (Lipinski definition) is 4. The molecule has 1 aromatic heterocycles. The van der Waals surface area contributed by atoms with Crippen LogP contribution in [0.4, 0.5) is 5.82 Å². The fourth-order valence-electron chi connectivity index (χ4n) is 3.37. The molecule has 24 heavy (non-hydrogen) atoms. The average Bonchev–Trinajstić information content (AvgIpc) is 2.60. The lowest BCUT2D eigenvalue weighted by Crippen LogP contribution is -2.46. The standard InChI is InChI=1S/C20H21N3O/c1-14-12-23(13-15(2)24-14)20-17-10-6-7-11-18(17)21-19(22-20)16-8-4-3-5-9-16/h3-11,14-15H,12-13H2,1-2H3/t14-,15+. The molecule has 4 nitrogen and oxygen atoms in total. The van der Waals surface area contributed by atoms with E-state index < -0.39 is 0 Å². The zero-order valence-electron chi connectivity index (χ0n) is 14.0. The van der Waals surface area contributed by atoms with Gasteiger partial charge in [0.2, 0.25) is 0 Å². The summed E-state index contributed by atoms with van der Waals surface area (Å²) in [5.74, 6) is 1.78. The van der Waals surface area contributed by atoms with Crippen molar-refractivity contribution in [2.24, 2.45) is 0 Å². The molecule has 1 saturated heterocycles. The molecule has 0 amide bonds. The van der Waals surface area contributed by atoms with Crippen LogP contribution in [0.1, 0.15) is 13.8 Å². The first-order valence-corrected chi connectivity index (χ1v) is 8.43. The van der Waals surface area contributed by atoms with Gasteiger partial charge in [0.05, 0.1) is 17.7 Å². The number of ether oxygens (including phenoxy) is 1. The van der Waals surface area contributed by atoms with E-state index in [1.54, 1.807) is 0 Å². The SMILES string of the molecule is C[C@@H]1CN(c2nc(-c3ccccc3)nc3ccccc23)C[C@H](C)O1. The highest BCUT2D eigenvalue weighted by atomic mass is 16.5. The van der Waals surface area contributed by atoms with E-state index >= 15 is 0 Å². The van der Waals surface area contributed by atoms with E-state index in [-0.39, 0.29) is 12.2 Å². The second-order valence-electron chi connectivity index (χ2n) is 6.42. The highest BCUT2D eigenvalue weighted by Gasteiger charge is 2.25. The van der Waals surface area contributed by atoms with Crippen LogP contribution in [0.15, 0.2) is 54.6 Å². The summed E-state index contributed by atoms with van der Waals surface area (Å²) in [5, 5.41) is 1.10. The molecule has 4 heteroatoms. The van der Waals surface area contributed by atoms with E-state index in [1.807, 2.05) is 30.3 Å². The van der Waals surface area contributed by atoms with Crippen molar-refractivity contribution < 1.29 is 4.74 Å². The lowest BCUT2D eigenvalue weighted by Gasteiger charge is -2.36. The van der Waals surface area contributed by atoms with Crippen molar-refractivity contribution in [1.29, 1.82) is 0 Å². The molecular weight excluding hydrogens is 298 g/mol. The number of fused-ring (bicyclic) bond motifs is 1. The zero-order chi connectivity index (χ0) is 16.5. The fourth-order valence-corrected chi connectivity index (χ4v) is 3.37. The third-order valence-electron chi connectivity index (χ3n) is 4.33. The molecule has 1 aliphatic heterocycles. The maximum Gasteiger partial charge on any atom is 0.162 e. The van der Waals surface area contributed by atoms with Crippen LogP contribution in [-0.4, -0.2) is 35.3 Å². The normalized spacial score (nSPS) is 21.2. The van der Waals surface area contributed by atoms with Gasteiger partial charge in [0, 0.05) is 24.0 Å². The number of aromatic nitrogens is 2. The van der Waals surface area contributed by atoms with E-state index in [9.17, 15) is 0 Å². The molecule has 122 valence electrons. The van der Waals surface area contributed by atoms with E-state index in [0.29, 0.717) is 0 Å². The number of nitrogens with zero attached hydrogens (tertiary/aromatic N) is 3. The van der Waals surface area contributed by atoms with Crippen molar-refractivity contribution >= 4 is 16.7 Å². The molecule has 1 fully saturated rings. The average molecular weight is 319 g/mol. The minimum Gasteiger partial charge on any atom is -0.372 e. The van der Waals surface area contributed by atoms with Crippen LogP contribution in [0.3, 0.4) is 0 Å². The number of benzene rings is 2. The topological polar surface area (TPSA) is 38.2 Å². The maximum atomic E-state index is 5.88. The molecule has 0 radical (unpaired) electrons. The Hall–Kier alpha value is -2.46. The second-order valence-corrected chi connectivity index (χ2v) is 6.42. The molecule has 3 aromatic rings. The summed E-state index contributed by atoms with van der Waals surface area (Å²) in [6.07, 6.45) is 0.394. The van der Waals surface area contributed by atoms with Gasteiger partial charge in [0.15, 0.2) is 5.82 Å². The summed E-state index contributed by atoms with van der Waals surface area (Å²) < 4.78 is 5.88. The molecule has 0 bridgehead atoms. The number of anilines is 1. The molecule has 0 unspecified atom stereocenters. The summed E-state index contributed by atoms with van der Waals surface area (Å²) in [6, 6.07) is 18.4. The van der Waals surface area contributed by atoms with Gasteiger partial charge in [0.25, 0.3) is 0 Å². The van der Waals surface area contributed by atoms with Crippen LogP contribution in [-0.2, 0) is 4.74 Å². The quantitative estimate of drug-likeness (QED) is 0.718. The lowest BCUT2D eigenvalue weighted by atomic mass is 10.1. The molecule has 4 rings (SSSR count). The Balaban J connectivity index is 1.87. The summed E-state index contributed by atoms with van der Waals surface area (Å²) in [5.41, 5.74) is 2.02. The zero-order valence-corrected chi connectivity index (χ0v) is 14.0. The number of hydrogen-bond donors (Lipinski definition) is 0. The number of para-hydroxylation sites is 1. The van der Waals surface area contributed by atoms with Crippen LogP contribution in [0, 0.1) is 0 Å². The Morgan fingerprint density at radius 3 is 2.29 bits per heavy atom. The van der Waals surface area contributed by atoms with Gasteiger partial charge < -0.3 is 9.64 Å². The van der Waals surface area contributed by atoms with Crippen LogP contribution < -0.4 is 4.90 Å². The Labute approximate surface area is 142 Å². The first kappa shape index (κ1) is 15.1. The largest absolute Gasteiger partial charge is 0.372 e. The Morgan fingerprint density at radius 2 is 1.54 bits per heavy atom. The third-order valence-corrected chi connectivity index (χ3v) is 4.33. The molecule has 0 spiro atoms. The first-order chi connectivity index (χ1) is 11.7. The summed E-state index contributed by atoms with van der Waals surface area (Å²) in [4.78, 5) is 12.0. The van der Waals surface area contributed by atoms with Gasteiger partial charge in [0.1, 0.15) is 5.82 Å². The lowest BCUT2D eigenvalue weighted by molar-refractivity contribution is -0.00536. The fraction of sp³-hybridized carbons (Fsp3) is 0.300. The first-order valence-electron chi connectivity index (χ1n) is 8.43. The number of morpholine rings is 1. The van der Waals surface area contributed by atoms with E-state index in [0.717, 1.165) is 41.2 Å². The Bertz CT molecular complexity index is 840. The monoisotopic (exact) mass is 319 g/mol. The van der Waals surface area contributed by atoms with Crippen molar-refractivity contribution in [2.75, 3.05) is 18.0 Å². The summed E-state index contributed by atoms with van der Waals surface area (Å²) >= 11 is 0. The molecule has 1 aliphatic rings. The summed E-state index contributed by atoms with van der Waals surface area (Å²) in [7, 11) is 0. The molecule has 2 atom stereocenters. The van der Waals surface area contributed by atoms with E-state index in [1.165, 1.54) is 0 Å². The molecular formula is C20H21N3O. The third kappa shape index (κ3) is 2.85. The summed E-state index contributed by atoms with van der Waals surface area (Å²) in [6.45, 7) is 5.92. The van der Waals surface area contributed by atoms with Gasteiger partial charge in [-0.15, -0.1) is 0 Å². The highest BCUT2D eigenvalue weighted by Crippen LogP contribution is 2.29. The van der Waals surface area contributed by atoms with Crippen LogP contribution >= 0.6 is 0 Å².